The van der Waals surface area contributed by atoms with Gasteiger partial charge in [0.15, 0.2) is 5.82 Å². The molecule has 0 radical (unpaired) electrons. The topological polar surface area (TPSA) is 15.3 Å². The van der Waals surface area contributed by atoms with Gasteiger partial charge >= 0.3 is 0 Å². The Morgan fingerprint density at radius 1 is 1.40 bits per heavy atom. The Bertz CT molecular complexity index is 456. The van der Waals surface area contributed by atoms with Gasteiger partial charge in [-0.3, -0.25) is 0 Å². The van der Waals surface area contributed by atoms with Crippen molar-refractivity contribution >= 4 is 21.6 Å². The van der Waals surface area contributed by atoms with E-state index in [-0.39, 0.29) is 6.04 Å². The monoisotopic (exact) mass is 346 g/mol. The van der Waals surface area contributed by atoms with Crippen molar-refractivity contribution in [1.29, 1.82) is 0 Å². The number of hydrogen-bond acceptors (Lipinski definition) is 2. The molecule has 1 saturated heterocycles. The second-order valence-corrected chi connectivity index (χ2v) is 6.55. The highest BCUT2D eigenvalue weighted by atomic mass is 79.9. The van der Waals surface area contributed by atoms with Crippen LogP contribution in [0, 0.1) is 17.6 Å². The lowest BCUT2D eigenvalue weighted by Gasteiger charge is -2.44. The van der Waals surface area contributed by atoms with Gasteiger partial charge in [0.1, 0.15) is 5.82 Å². The van der Waals surface area contributed by atoms with E-state index in [1.54, 1.807) is 0 Å². The zero-order chi connectivity index (χ0) is 14.9. The zero-order valence-corrected chi connectivity index (χ0v) is 13.7. The van der Waals surface area contributed by atoms with Crippen LogP contribution >= 0.6 is 15.9 Å². The normalized spacial score (nSPS) is 23.4. The van der Waals surface area contributed by atoms with Gasteiger partial charge in [0.05, 0.1) is 5.69 Å². The first-order valence-electron chi connectivity index (χ1n) is 7.08. The summed E-state index contributed by atoms with van der Waals surface area (Å²) in [7, 11) is 0. The van der Waals surface area contributed by atoms with E-state index in [9.17, 15) is 8.78 Å². The first-order valence-corrected chi connectivity index (χ1v) is 7.87. The zero-order valence-electron chi connectivity index (χ0n) is 12.1. The van der Waals surface area contributed by atoms with Gasteiger partial charge in [-0.15, -0.1) is 0 Å². The van der Waals surface area contributed by atoms with Gasteiger partial charge in [0.2, 0.25) is 0 Å². The Balaban J connectivity index is 2.40. The molecule has 112 valence electrons. The van der Waals surface area contributed by atoms with E-state index >= 15 is 0 Å². The Morgan fingerprint density at radius 2 is 2.10 bits per heavy atom. The third kappa shape index (κ3) is 3.14. The van der Waals surface area contributed by atoms with E-state index in [0.29, 0.717) is 22.1 Å². The Labute approximate surface area is 127 Å². The minimum absolute atomic E-state index is 0.203. The van der Waals surface area contributed by atoms with Crippen LogP contribution in [0.25, 0.3) is 0 Å². The van der Waals surface area contributed by atoms with Gasteiger partial charge in [-0.1, -0.05) is 20.8 Å². The lowest BCUT2D eigenvalue weighted by molar-refractivity contribution is 0.330. The minimum atomic E-state index is -0.554. The predicted octanol–water partition coefficient (Wildman–Crippen LogP) is 3.94. The van der Waals surface area contributed by atoms with Crippen molar-refractivity contribution in [3.05, 3.63) is 28.2 Å². The summed E-state index contributed by atoms with van der Waals surface area (Å²) in [5.41, 5.74) is 0.477. The number of nitrogens with zero attached hydrogens (tertiary/aromatic N) is 1. The third-order valence-corrected chi connectivity index (χ3v) is 4.57. The average molecular weight is 347 g/mol. The smallest absolute Gasteiger partial charge is 0.150 e. The van der Waals surface area contributed by atoms with Gasteiger partial charge in [0.25, 0.3) is 0 Å². The van der Waals surface area contributed by atoms with Crippen LogP contribution in [0.1, 0.15) is 27.2 Å². The molecule has 0 spiro atoms. The molecule has 5 heteroatoms. The van der Waals surface area contributed by atoms with Crippen molar-refractivity contribution in [3.8, 4) is 0 Å². The van der Waals surface area contributed by atoms with Crippen molar-refractivity contribution in [2.24, 2.45) is 5.92 Å². The van der Waals surface area contributed by atoms with E-state index in [1.165, 1.54) is 6.07 Å². The van der Waals surface area contributed by atoms with Gasteiger partial charge in [-0.25, -0.2) is 8.78 Å². The number of nitrogens with one attached hydrogen (secondary N) is 1. The molecule has 1 aromatic rings. The highest BCUT2D eigenvalue weighted by Gasteiger charge is 2.32. The molecule has 1 aliphatic rings. The first kappa shape index (κ1) is 15.7. The second-order valence-electron chi connectivity index (χ2n) is 5.70. The maximum atomic E-state index is 14.2. The van der Waals surface area contributed by atoms with E-state index in [4.69, 9.17) is 0 Å². The molecule has 2 unspecified atom stereocenters. The Hall–Kier alpha value is -0.680. The standard InChI is InChI=1S/C15H21BrF2N2/c1-4-11-8-20(14(7-19-11)9(2)3)15-12(16)5-10(17)6-13(15)18/h5-6,9,11,14,19H,4,7-8H2,1-3H3. The molecule has 20 heavy (non-hydrogen) atoms. The molecule has 1 heterocycles. The van der Waals surface area contributed by atoms with Gasteiger partial charge in [0, 0.05) is 35.7 Å². The highest BCUT2D eigenvalue weighted by Crippen LogP contribution is 2.34. The molecule has 0 saturated carbocycles. The maximum absolute atomic E-state index is 14.2. The summed E-state index contributed by atoms with van der Waals surface area (Å²) in [5.74, 6) is -0.669. The molecule has 2 rings (SSSR count). The molecule has 2 atom stereocenters. The van der Waals surface area contributed by atoms with Crippen LogP contribution in [-0.2, 0) is 0 Å². The molecule has 0 aromatic heterocycles. The maximum Gasteiger partial charge on any atom is 0.150 e. The fourth-order valence-corrected chi connectivity index (χ4v) is 3.41. The van der Waals surface area contributed by atoms with E-state index in [1.807, 2.05) is 0 Å². The summed E-state index contributed by atoms with van der Waals surface area (Å²) < 4.78 is 28.0. The summed E-state index contributed by atoms with van der Waals surface area (Å²) in [4.78, 5) is 2.08. The molecule has 0 bridgehead atoms. The van der Waals surface area contributed by atoms with Crippen LogP contribution in [0.2, 0.25) is 0 Å². The predicted molar refractivity (Wildman–Crippen MR) is 82.1 cm³/mol. The Kier molecular flexibility index (Phi) is 5.02. The number of rotatable bonds is 3. The van der Waals surface area contributed by atoms with Crippen LogP contribution < -0.4 is 10.2 Å². The number of piperazine rings is 1. The van der Waals surface area contributed by atoms with Crippen LogP contribution in [0.15, 0.2) is 16.6 Å². The lowest BCUT2D eigenvalue weighted by atomic mass is 9.96. The summed E-state index contributed by atoms with van der Waals surface area (Å²) in [6.07, 6.45) is 0.988. The van der Waals surface area contributed by atoms with Gasteiger partial charge in [-0.05, 0) is 34.3 Å². The summed E-state index contributed by atoms with van der Waals surface area (Å²) in [6, 6.07) is 2.83. The fourth-order valence-electron chi connectivity index (χ4n) is 2.77. The second kappa shape index (κ2) is 6.39. The third-order valence-electron chi connectivity index (χ3n) is 3.96. The minimum Gasteiger partial charge on any atom is -0.362 e. The fraction of sp³-hybridized carbons (Fsp3) is 0.600. The first-order chi connectivity index (χ1) is 9.43. The Morgan fingerprint density at radius 3 is 2.65 bits per heavy atom. The number of halogens is 3. The molecule has 0 aliphatic carbocycles. The van der Waals surface area contributed by atoms with E-state index in [0.717, 1.165) is 25.6 Å². The van der Waals surface area contributed by atoms with Crippen molar-refractivity contribution in [2.45, 2.75) is 39.3 Å². The molecule has 2 nitrogen and oxygen atoms in total. The number of hydrogen-bond donors (Lipinski definition) is 1. The van der Waals surface area contributed by atoms with Crippen molar-refractivity contribution < 1.29 is 8.78 Å². The molecular weight excluding hydrogens is 326 g/mol. The van der Waals surface area contributed by atoms with Gasteiger partial charge in [-0.2, -0.15) is 0 Å². The summed E-state index contributed by atoms with van der Waals surface area (Å²) in [5, 5.41) is 3.50. The van der Waals surface area contributed by atoms with Crippen LogP contribution in [0.3, 0.4) is 0 Å². The summed E-state index contributed by atoms with van der Waals surface area (Å²) in [6.45, 7) is 7.92. The van der Waals surface area contributed by atoms with E-state index < -0.39 is 11.6 Å². The average Bonchev–Trinajstić information content (AvgIpc) is 2.37. The number of benzene rings is 1. The quantitative estimate of drug-likeness (QED) is 0.891. The SMILES string of the molecule is CCC1CN(c2c(F)cc(F)cc2Br)C(C(C)C)CN1. The van der Waals surface area contributed by atoms with Crippen molar-refractivity contribution in [1.82, 2.24) is 5.32 Å². The summed E-state index contributed by atoms with van der Waals surface area (Å²) >= 11 is 3.31. The van der Waals surface area contributed by atoms with E-state index in [2.05, 4.69) is 46.9 Å². The molecule has 1 aliphatic heterocycles. The van der Waals surface area contributed by atoms with Crippen LogP contribution in [0.5, 0.6) is 0 Å². The highest BCUT2D eigenvalue weighted by molar-refractivity contribution is 9.10. The molecule has 1 aromatic carbocycles. The van der Waals surface area contributed by atoms with Crippen molar-refractivity contribution in [2.75, 3.05) is 18.0 Å². The number of anilines is 1. The van der Waals surface area contributed by atoms with Crippen LogP contribution in [0.4, 0.5) is 14.5 Å². The molecular formula is C15H21BrF2N2. The van der Waals surface area contributed by atoms with Crippen molar-refractivity contribution in [3.63, 3.8) is 0 Å². The largest absolute Gasteiger partial charge is 0.362 e. The van der Waals surface area contributed by atoms with Crippen LogP contribution in [-0.4, -0.2) is 25.2 Å². The molecule has 1 N–H and O–H groups in total. The molecule has 1 fully saturated rings. The lowest BCUT2D eigenvalue weighted by Crippen LogP contribution is -2.58. The molecule has 0 amide bonds. The van der Waals surface area contributed by atoms with Gasteiger partial charge < -0.3 is 10.2 Å².